The van der Waals surface area contributed by atoms with Gasteiger partial charge in [0.25, 0.3) is 0 Å². The normalized spacial score (nSPS) is 24.5. The van der Waals surface area contributed by atoms with Gasteiger partial charge >= 0.3 is 6.09 Å². The van der Waals surface area contributed by atoms with Gasteiger partial charge < -0.3 is 24.8 Å². The molecule has 0 radical (unpaired) electrons. The van der Waals surface area contributed by atoms with Crippen molar-refractivity contribution < 1.29 is 9.53 Å². The van der Waals surface area contributed by atoms with E-state index in [0.717, 1.165) is 71.0 Å². The molecule has 6 nitrogen and oxygen atoms in total. The first kappa shape index (κ1) is 26.8. The third kappa shape index (κ3) is 8.06. The molecule has 3 aliphatic heterocycles. The number of halogens is 2. The van der Waals surface area contributed by atoms with Crippen LogP contribution in [0.25, 0.3) is 0 Å². The predicted molar refractivity (Wildman–Crippen MR) is 124 cm³/mol. The minimum atomic E-state index is -0.220. The third-order valence-electron chi connectivity index (χ3n) is 6.37. The summed E-state index contributed by atoms with van der Waals surface area (Å²) in [6.45, 7) is 13.9. The first-order valence-corrected chi connectivity index (χ1v) is 11.1. The number of nitrogens with one attached hydrogen (secondary N) is 1. The van der Waals surface area contributed by atoms with Crippen molar-refractivity contribution in [1.29, 1.82) is 0 Å². The standard InChI is InChI=1S/C21H40N4O2.2ClH/c1-18(2)15-23(3)10-5-11-25-17-21(27-20(25)26)7-12-24(13-8-21)16-19-6-4-9-22-14-19;;/h18-19,22H,4-17H2,1-3H3;2*1H. The molecule has 1 spiro atoms. The van der Waals surface area contributed by atoms with Crippen molar-refractivity contribution in [3.8, 4) is 0 Å². The summed E-state index contributed by atoms with van der Waals surface area (Å²) in [5.41, 5.74) is -0.220. The SMILES string of the molecule is CC(C)CN(C)CCCN1CC2(CCN(CC3CCCNC3)CC2)OC1=O.Cl.Cl. The molecule has 3 rings (SSSR count). The molecule has 1 amide bonds. The van der Waals surface area contributed by atoms with Gasteiger partial charge in [0.05, 0.1) is 6.54 Å². The van der Waals surface area contributed by atoms with Crippen molar-refractivity contribution in [3.63, 3.8) is 0 Å². The molecule has 0 bridgehead atoms. The van der Waals surface area contributed by atoms with Gasteiger partial charge in [-0.1, -0.05) is 13.8 Å². The molecule has 0 aromatic heterocycles. The Labute approximate surface area is 189 Å². The summed E-state index contributed by atoms with van der Waals surface area (Å²) < 4.78 is 5.90. The van der Waals surface area contributed by atoms with E-state index in [1.807, 2.05) is 4.90 Å². The zero-order chi connectivity index (χ0) is 19.3. The molecule has 0 saturated carbocycles. The summed E-state index contributed by atoms with van der Waals surface area (Å²) in [7, 11) is 2.17. The second-order valence-corrected chi connectivity index (χ2v) is 9.50. The fourth-order valence-electron chi connectivity index (χ4n) is 4.96. The van der Waals surface area contributed by atoms with E-state index in [9.17, 15) is 4.79 Å². The highest BCUT2D eigenvalue weighted by atomic mass is 35.5. The van der Waals surface area contributed by atoms with Crippen molar-refractivity contribution in [1.82, 2.24) is 20.0 Å². The van der Waals surface area contributed by atoms with Gasteiger partial charge in [0.15, 0.2) is 0 Å². The highest BCUT2D eigenvalue weighted by molar-refractivity contribution is 5.85. The van der Waals surface area contributed by atoms with Gasteiger partial charge in [0, 0.05) is 45.6 Å². The number of amides is 1. The van der Waals surface area contributed by atoms with Crippen molar-refractivity contribution in [2.45, 2.75) is 51.6 Å². The molecule has 1 atom stereocenters. The Morgan fingerprint density at radius 1 is 1.28 bits per heavy atom. The highest BCUT2D eigenvalue weighted by Gasteiger charge is 2.46. The van der Waals surface area contributed by atoms with E-state index in [1.165, 1.54) is 25.9 Å². The van der Waals surface area contributed by atoms with E-state index in [-0.39, 0.29) is 36.5 Å². The number of likely N-dealkylation sites (tertiary alicyclic amines) is 1. The highest BCUT2D eigenvalue weighted by Crippen LogP contribution is 2.33. The molecular formula is C21H42Cl2N4O2. The van der Waals surface area contributed by atoms with E-state index in [2.05, 4.69) is 36.0 Å². The van der Waals surface area contributed by atoms with Gasteiger partial charge in [-0.25, -0.2) is 4.79 Å². The Morgan fingerprint density at radius 2 is 2.00 bits per heavy atom. The third-order valence-corrected chi connectivity index (χ3v) is 6.37. The van der Waals surface area contributed by atoms with Crippen LogP contribution < -0.4 is 5.32 Å². The summed E-state index contributed by atoms with van der Waals surface area (Å²) in [6, 6.07) is 0. The molecule has 29 heavy (non-hydrogen) atoms. The zero-order valence-corrected chi connectivity index (χ0v) is 20.2. The van der Waals surface area contributed by atoms with Crippen molar-refractivity contribution in [2.75, 3.05) is 66.0 Å². The first-order chi connectivity index (χ1) is 13.0. The summed E-state index contributed by atoms with van der Waals surface area (Å²) >= 11 is 0. The summed E-state index contributed by atoms with van der Waals surface area (Å²) in [4.78, 5) is 19.3. The van der Waals surface area contributed by atoms with Crippen molar-refractivity contribution in [3.05, 3.63) is 0 Å². The molecule has 3 aliphatic rings. The maximum atomic E-state index is 12.4. The van der Waals surface area contributed by atoms with E-state index < -0.39 is 0 Å². The number of ether oxygens (including phenoxy) is 1. The van der Waals surface area contributed by atoms with Crippen molar-refractivity contribution in [2.24, 2.45) is 11.8 Å². The van der Waals surface area contributed by atoms with E-state index in [0.29, 0.717) is 5.92 Å². The molecule has 8 heteroatoms. The van der Waals surface area contributed by atoms with Gasteiger partial charge in [-0.3, -0.25) is 0 Å². The van der Waals surface area contributed by atoms with E-state index in [1.54, 1.807) is 0 Å². The lowest BCUT2D eigenvalue weighted by Gasteiger charge is -2.39. The topological polar surface area (TPSA) is 48.0 Å². The Kier molecular flexibility index (Phi) is 11.6. The quantitative estimate of drug-likeness (QED) is 0.612. The molecule has 0 aromatic carbocycles. The van der Waals surface area contributed by atoms with Crippen LogP contribution in [-0.2, 0) is 4.74 Å². The number of nitrogens with zero attached hydrogens (tertiary/aromatic N) is 3. The van der Waals surface area contributed by atoms with Crippen LogP contribution in [0.15, 0.2) is 0 Å². The molecule has 172 valence electrons. The average molecular weight is 453 g/mol. The maximum Gasteiger partial charge on any atom is 0.410 e. The fraction of sp³-hybridized carbons (Fsp3) is 0.952. The van der Waals surface area contributed by atoms with Gasteiger partial charge in [-0.05, 0) is 57.8 Å². The summed E-state index contributed by atoms with van der Waals surface area (Å²) in [6.07, 6.45) is 5.57. The summed E-state index contributed by atoms with van der Waals surface area (Å²) in [5, 5.41) is 3.52. The van der Waals surface area contributed by atoms with Crippen molar-refractivity contribution >= 4 is 30.9 Å². The molecule has 3 saturated heterocycles. The minimum Gasteiger partial charge on any atom is -0.441 e. The maximum absolute atomic E-state index is 12.4. The Balaban J connectivity index is 0.00000210. The molecule has 3 heterocycles. The largest absolute Gasteiger partial charge is 0.441 e. The molecular weight excluding hydrogens is 411 g/mol. The number of rotatable bonds is 8. The predicted octanol–water partition coefficient (Wildman–Crippen LogP) is 3.09. The van der Waals surface area contributed by atoms with Gasteiger partial charge in [-0.15, -0.1) is 24.8 Å². The van der Waals surface area contributed by atoms with Crippen LogP contribution in [0.1, 0.15) is 46.0 Å². The lowest BCUT2D eigenvalue weighted by molar-refractivity contribution is -0.00339. The van der Waals surface area contributed by atoms with E-state index in [4.69, 9.17) is 4.74 Å². The second kappa shape index (κ2) is 12.6. The number of carbonyl (C=O) groups excluding carboxylic acids is 1. The molecule has 1 N–H and O–H groups in total. The van der Waals surface area contributed by atoms with Gasteiger partial charge in [0.2, 0.25) is 0 Å². The van der Waals surface area contributed by atoms with E-state index >= 15 is 0 Å². The van der Waals surface area contributed by atoms with Crippen LogP contribution in [0, 0.1) is 11.8 Å². The average Bonchev–Trinajstić information content (AvgIpc) is 2.93. The Bertz CT molecular complexity index is 481. The molecule has 1 unspecified atom stereocenters. The molecule has 3 fully saturated rings. The lowest BCUT2D eigenvalue weighted by atomic mass is 9.90. The van der Waals surface area contributed by atoms with Crippen LogP contribution in [0.3, 0.4) is 0 Å². The monoisotopic (exact) mass is 452 g/mol. The Hall–Kier alpha value is -0.270. The minimum absolute atomic E-state index is 0. The van der Waals surface area contributed by atoms with Gasteiger partial charge in [0.1, 0.15) is 5.60 Å². The van der Waals surface area contributed by atoms with Crippen LogP contribution in [0.2, 0.25) is 0 Å². The molecule has 0 aromatic rings. The van der Waals surface area contributed by atoms with Crippen LogP contribution in [0.5, 0.6) is 0 Å². The lowest BCUT2D eigenvalue weighted by Crippen LogP contribution is -2.49. The number of hydrogen-bond donors (Lipinski definition) is 1. The summed E-state index contributed by atoms with van der Waals surface area (Å²) in [5.74, 6) is 1.47. The van der Waals surface area contributed by atoms with Crippen LogP contribution in [-0.4, -0.2) is 92.3 Å². The second-order valence-electron chi connectivity index (χ2n) is 9.50. The smallest absolute Gasteiger partial charge is 0.410 e. The first-order valence-electron chi connectivity index (χ1n) is 11.1. The molecule has 0 aliphatic carbocycles. The zero-order valence-electron chi connectivity index (χ0n) is 18.5. The fourth-order valence-corrected chi connectivity index (χ4v) is 4.96. The van der Waals surface area contributed by atoms with Crippen LogP contribution >= 0.6 is 24.8 Å². The van der Waals surface area contributed by atoms with Gasteiger partial charge in [-0.2, -0.15) is 0 Å². The number of piperidine rings is 2. The Morgan fingerprint density at radius 3 is 2.62 bits per heavy atom. The van der Waals surface area contributed by atoms with Crippen LogP contribution in [0.4, 0.5) is 4.79 Å². The number of hydrogen-bond acceptors (Lipinski definition) is 5. The number of carbonyl (C=O) groups is 1.